The van der Waals surface area contributed by atoms with E-state index in [1.54, 1.807) is 0 Å². The third kappa shape index (κ3) is 2.00. The molecule has 0 saturated heterocycles. The van der Waals surface area contributed by atoms with E-state index in [0.29, 0.717) is 5.69 Å². The Balaban J connectivity index is 2.55. The Morgan fingerprint density at radius 3 is 2.60 bits per heavy atom. The van der Waals surface area contributed by atoms with Gasteiger partial charge in [-0.25, -0.2) is 4.98 Å². The van der Waals surface area contributed by atoms with Crippen LogP contribution in [0.25, 0.3) is 11.3 Å². The van der Waals surface area contributed by atoms with Gasteiger partial charge >= 0.3 is 0 Å². The molecule has 0 aliphatic carbocycles. The molecule has 5 heteroatoms. The predicted octanol–water partition coefficient (Wildman–Crippen LogP) is 2.17. The second-order valence-corrected chi connectivity index (χ2v) is 3.69. The zero-order valence-electron chi connectivity index (χ0n) is 7.55. The zero-order chi connectivity index (χ0) is 10.7. The van der Waals surface area contributed by atoms with Crippen molar-refractivity contribution in [3.8, 4) is 17.3 Å². The summed E-state index contributed by atoms with van der Waals surface area (Å²) < 4.78 is 0.974. The van der Waals surface area contributed by atoms with Gasteiger partial charge in [0.1, 0.15) is 18.1 Å². The molecule has 0 atom stereocenters. The fourth-order valence-electron chi connectivity index (χ4n) is 1.16. The molecule has 1 aromatic carbocycles. The lowest BCUT2D eigenvalue weighted by Crippen LogP contribution is -1.94. The Hall–Kier alpha value is -1.80. The average Bonchev–Trinajstić information content (AvgIpc) is 2.30. The van der Waals surface area contributed by atoms with Gasteiger partial charge in [-0.1, -0.05) is 28.1 Å². The van der Waals surface area contributed by atoms with E-state index in [0.717, 1.165) is 10.0 Å². The third-order valence-corrected chi connectivity index (χ3v) is 2.37. The van der Waals surface area contributed by atoms with Gasteiger partial charge in [0.2, 0.25) is 0 Å². The van der Waals surface area contributed by atoms with Crippen LogP contribution in [0.5, 0.6) is 0 Å². The lowest BCUT2D eigenvalue weighted by atomic mass is 10.1. The molecule has 0 aliphatic heterocycles. The summed E-state index contributed by atoms with van der Waals surface area (Å²) in [5, 5.41) is 16.4. The van der Waals surface area contributed by atoms with Crippen molar-refractivity contribution in [1.82, 2.24) is 15.2 Å². The molecule has 15 heavy (non-hydrogen) atoms. The summed E-state index contributed by atoms with van der Waals surface area (Å²) in [6.45, 7) is 0. The van der Waals surface area contributed by atoms with E-state index >= 15 is 0 Å². The fourth-order valence-corrected chi connectivity index (χ4v) is 1.42. The smallest absolute Gasteiger partial charge is 0.170 e. The maximum absolute atomic E-state index is 8.84. The van der Waals surface area contributed by atoms with E-state index in [2.05, 4.69) is 31.1 Å². The molecule has 0 unspecified atom stereocenters. The van der Waals surface area contributed by atoms with Crippen LogP contribution in [0.15, 0.2) is 35.1 Å². The molecule has 0 N–H and O–H groups in total. The van der Waals surface area contributed by atoms with Gasteiger partial charge in [0.05, 0.1) is 0 Å². The molecule has 0 fully saturated rings. The maximum Gasteiger partial charge on any atom is 0.170 e. The first kappa shape index (κ1) is 9.74. The maximum atomic E-state index is 8.84. The highest BCUT2D eigenvalue weighted by molar-refractivity contribution is 9.10. The van der Waals surface area contributed by atoms with Crippen molar-refractivity contribution >= 4 is 15.9 Å². The molecule has 0 aliphatic rings. The largest absolute Gasteiger partial charge is 0.221 e. The lowest BCUT2D eigenvalue weighted by Gasteiger charge is -2.00. The molecule has 72 valence electrons. The van der Waals surface area contributed by atoms with Crippen molar-refractivity contribution in [2.45, 2.75) is 0 Å². The number of hydrogen-bond donors (Lipinski definition) is 0. The molecule has 2 aromatic rings. The van der Waals surface area contributed by atoms with Crippen molar-refractivity contribution in [3.63, 3.8) is 0 Å². The molecular formula is C10H5BrN4. The van der Waals surface area contributed by atoms with Crippen molar-refractivity contribution in [2.24, 2.45) is 0 Å². The number of nitriles is 1. The van der Waals surface area contributed by atoms with Crippen molar-refractivity contribution < 1.29 is 0 Å². The van der Waals surface area contributed by atoms with Gasteiger partial charge in [0, 0.05) is 10.0 Å². The molecule has 0 bridgehead atoms. The number of halogens is 1. The third-order valence-electron chi connectivity index (χ3n) is 1.84. The Bertz CT molecular complexity index is 516. The minimum absolute atomic E-state index is 0.285. The highest BCUT2D eigenvalue weighted by Crippen LogP contribution is 2.20. The number of nitrogens with zero attached hydrogens (tertiary/aromatic N) is 4. The van der Waals surface area contributed by atoms with Crippen LogP contribution in [0.1, 0.15) is 5.69 Å². The van der Waals surface area contributed by atoms with Crippen LogP contribution >= 0.6 is 15.9 Å². The van der Waals surface area contributed by atoms with Crippen molar-refractivity contribution in [3.05, 3.63) is 40.8 Å². The van der Waals surface area contributed by atoms with Gasteiger partial charge in [0.25, 0.3) is 0 Å². The topological polar surface area (TPSA) is 62.5 Å². The van der Waals surface area contributed by atoms with Crippen LogP contribution in [-0.4, -0.2) is 15.2 Å². The molecule has 0 spiro atoms. The van der Waals surface area contributed by atoms with Gasteiger partial charge in [-0.3, -0.25) is 0 Å². The van der Waals surface area contributed by atoms with Gasteiger partial charge < -0.3 is 0 Å². The van der Waals surface area contributed by atoms with Crippen LogP contribution in [-0.2, 0) is 0 Å². The summed E-state index contributed by atoms with van der Waals surface area (Å²) in [4.78, 5) is 3.85. The number of benzene rings is 1. The number of rotatable bonds is 1. The van der Waals surface area contributed by atoms with E-state index in [1.165, 1.54) is 6.33 Å². The molecular weight excluding hydrogens is 256 g/mol. The standard InChI is InChI=1S/C10H5BrN4/c11-8-3-1-7(2-4-8)10-9(5-12)13-6-14-15-10/h1-4,6H. The summed E-state index contributed by atoms with van der Waals surface area (Å²) in [5.74, 6) is 0. The molecule has 2 rings (SSSR count). The fraction of sp³-hybridized carbons (Fsp3) is 0. The zero-order valence-corrected chi connectivity index (χ0v) is 9.14. The normalized spacial score (nSPS) is 9.60. The van der Waals surface area contributed by atoms with Gasteiger partial charge in [-0.15, -0.1) is 10.2 Å². The van der Waals surface area contributed by atoms with E-state index in [4.69, 9.17) is 5.26 Å². The van der Waals surface area contributed by atoms with E-state index in [-0.39, 0.29) is 5.69 Å². The van der Waals surface area contributed by atoms with E-state index in [1.807, 2.05) is 30.3 Å². The highest BCUT2D eigenvalue weighted by atomic mass is 79.9. The molecule has 0 amide bonds. The second-order valence-electron chi connectivity index (χ2n) is 2.78. The Morgan fingerprint density at radius 2 is 1.93 bits per heavy atom. The Labute approximate surface area is 94.7 Å². The first-order valence-corrected chi connectivity index (χ1v) is 4.94. The minimum Gasteiger partial charge on any atom is -0.221 e. The van der Waals surface area contributed by atoms with E-state index < -0.39 is 0 Å². The summed E-state index contributed by atoms with van der Waals surface area (Å²) >= 11 is 3.34. The van der Waals surface area contributed by atoms with Gasteiger partial charge in [0.15, 0.2) is 5.69 Å². The summed E-state index contributed by atoms with van der Waals surface area (Å²) in [6.07, 6.45) is 1.26. The number of hydrogen-bond acceptors (Lipinski definition) is 4. The second kappa shape index (κ2) is 4.15. The van der Waals surface area contributed by atoms with E-state index in [9.17, 15) is 0 Å². The molecule has 4 nitrogen and oxygen atoms in total. The molecule has 0 radical (unpaired) electrons. The summed E-state index contributed by atoms with van der Waals surface area (Å²) in [6, 6.07) is 9.46. The average molecular weight is 261 g/mol. The SMILES string of the molecule is N#Cc1ncnnc1-c1ccc(Br)cc1. The van der Waals surface area contributed by atoms with Crippen LogP contribution in [0.4, 0.5) is 0 Å². The first-order valence-electron chi connectivity index (χ1n) is 4.15. The number of aromatic nitrogens is 3. The van der Waals surface area contributed by atoms with Crippen LogP contribution in [0.2, 0.25) is 0 Å². The van der Waals surface area contributed by atoms with Crippen LogP contribution in [0.3, 0.4) is 0 Å². The first-order chi connectivity index (χ1) is 7.31. The minimum atomic E-state index is 0.285. The Kier molecular flexibility index (Phi) is 2.70. The quantitative estimate of drug-likeness (QED) is 0.789. The molecule has 0 saturated carbocycles. The van der Waals surface area contributed by atoms with Gasteiger partial charge in [-0.05, 0) is 12.1 Å². The lowest BCUT2D eigenvalue weighted by molar-refractivity contribution is 0.964. The van der Waals surface area contributed by atoms with Crippen molar-refractivity contribution in [2.75, 3.05) is 0 Å². The summed E-state index contributed by atoms with van der Waals surface area (Å²) in [7, 11) is 0. The Morgan fingerprint density at radius 1 is 1.20 bits per heavy atom. The molecule has 1 heterocycles. The monoisotopic (exact) mass is 260 g/mol. The van der Waals surface area contributed by atoms with Crippen LogP contribution in [0, 0.1) is 11.3 Å². The predicted molar refractivity (Wildman–Crippen MR) is 57.7 cm³/mol. The highest BCUT2D eigenvalue weighted by Gasteiger charge is 2.07. The molecule has 1 aromatic heterocycles. The van der Waals surface area contributed by atoms with Gasteiger partial charge in [-0.2, -0.15) is 5.26 Å². The summed E-state index contributed by atoms with van der Waals surface area (Å²) in [5.41, 5.74) is 1.62. The van der Waals surface area contributed by atoms with Crippen molar-refractivity contribution in [1.29, 1.82) is 5.26 Å². The van der Waals surface area contributed by atoms with Crippen LogP contribution < -0.4 is 0 Å².